The van der Waals surface area contributed by atoms with Crippen LogP contribution in [0.5, 0.6) is 11.5 Å². The van der Waals surface area contributed by atoms with Crippen LogP contribution in [0.2, 0.25) is 0 Å². The molecule has 0 aliphatic rings. The van der Waals surface area contributed by atoms with E-state index in [-0.39, 0.29) is 41.6 Å². The average molecular weight is 365 g/mol. The van der Waals surface area contributed by atoms with Crippen molar-refractivity contribution in [1.82, 2.24) is 4.98 Å². The highest BCUT2D eigenvalue weighted by Crippen LogP contribution is 2.34. The van der Waals surface area contributed by atoms with Crippen LogP contribution in [0.25, 0.3) is 22.4 Å². The van der Waals surface area contributed by atoms with Crippen LogP contribution < -0.4 is 10.5 Å². The van der Waals surface area contributed by atoms with E-state index < -0.39 is 5.82 Å². The second-order valence-electron chi connectivity index (χ2n) is 5.69. The van der Waals surface area contributed by atoms with Gasteiger partial charge in [-0.3, -0.25) is 0 Å². The molecule has 2 aromatic carbocycles. The number of anilines is 1. The van der Waals surface area contributed by atoms with Crippen molar-refractivity contribution in [3.63, 3.8) is 0 Å². The summed E-state index contributed by atoms with van der Waals surface area (Å²) in [5.74, 6) is -0.373. The fourth-order valence-corrected chi connectivity index (χ4v) is 2.68. The van der Waals surface area contributed by atoms with Crippen molar-refractivity contribution < 1.29 is 19.3 Å². The van der Waals surface area contributed by atoms with Crippen molar-refractivity contribution >= 4 is 5.82 Å². The fourth-order valence-electron chi connectivity index (χ4n) is 2.68. The Labute approximate surface area is 154 Å². The highest BCUT2D eigenvalue weighted by molar-refractivity contribution is 5.80. The minimum atomic E-state index is -0.655. The van der Waals surface area contributed by atoms with Gasteiger partial charge in [-0.2, -0.15) is 5.26 Å². The number of nitrogens with two attached hydrogens (primary N) is 1. The highest BCUT2D eigenvalue weighted by Gasteiger charge is 2.16. The summed E-state index contributed by atoms with van der Waals surface area (Å²) in [7, 11) is 0. The lowest BCUT2D eigenvalue weighted by atomic mass is 9.98. The Morgan fingerprint density at radius 2 is 1.96 bits per heavy atom. The third-order valence-electron chi connectivity index (χ3n) is 3.89. The molecule has 0 spiro atoms. The van der Waals surface area contributed by atoms with Crippen LogP contribution in [0.4, 0.5) is 10.2 Å². The van der Waals surface area contributed by atoms with E-state index in [2.05, 4.69) is 4.98 Å². The molecule has 0 bridgehead atoms. The molecule has 136 valence electrons. The number of nitrogens with zero attached hydrogens (tertiary/aromatic N) is 2. The lowest BCUT2D eigenvalue weighted by molar-refractivity contribution is 0.201. The zero-order valence-corrected chi connectivity index (χ0v) is 14.2. The molecule has 27 heavy (non-hydrogen) atoms. The van der Waals surface area contributed by atoms with Crippen molar-refractivity contribution in [3.05, 3.63) is 59.9 Å². The van der Waals surface area contributed by atoms with Crippen LogP contribution in [0, 0.1) is 17.1 Å². The lowest BCUT2D eigenvalue weighted by Gasteiger charge is -2.12. The Hall–Kier alpha value is -3.63. The molecule has 0 saturated carbocycles. The Morgan fingerprint density at radius 1 is 1.15 bits per heavy atom. The van der Waals surface area contributed by atoms with Crippen molar-refractivity contribution in [2.45, 2.75) is 0 Å². The number of aromatic nitrogens is 1. The first-order valence-electron chi connectivity index (χ1n) is 8.07. The summed E-state index contributed by atoms with van der Waals surface area (Å²) in [6.45, 7) is 0.0111. The van der Waals surface area contributed by atoms with E-state index in [0.717, 1.165) is 6.07 Å². The van der Waals surface area contributed by atoms with E-state index in [1.807, 2.05) is 6.07 Å². The lowest BCUT2D eigenvalue weighted by Crippen LogP contribution is -2.02. The van der Waals surface area contributed by atoms with Crippen molar-refractivity contribution in [2.75, 3.05) is 18.9 Å². The molecular formula is C20H16FN3O3. The predicted molar refractivity (Wildman–Crippen MR) is 98.4 cm³/mol. The quantitative estimate of drug-likeness (QED) is 0.640. The summed E-state index contributed by atoms with van der Waals surface area (Å²) in [5.41, 5.74) is 7.60. The first kappa shape index (κ1) is 18.2. The maximum Gasteiger partial charge on any atom is 0.142 e. The molecule has 0 aliphatic carbocycles. The Morgan fingerprint density at radius 3 is 2.67 bits per heavy atom. The molecule has 0 aliphatic heterocycles. The molecule has 7 heteroatoms. The zero-order valence-electron chi connectivity index (χ0n) is 14.2. The van der Waals surface area contributed by atoms with Crippen molar-refractivity contribution in [2.24, 2.45) is 0 Å². The van der Waals surface area contributed by atoms with E-state index >= 15 is 0 Å². The van der Waals surface area contributed by atoms with Crippen LogP contribution in [0.3, 0.4) is 0 Å². The predicted octanol–water partition coefficient (Wildman–Crippen LogP) is 3.09. The monoisotopic (exact) mass is 365 g/mol. The normalized spacial score (nSPS) is 10.4. The number of nitrogen functional groups attached to an aromatic ring is 1. The second kappa shape index (κ2) is 7.72. The third kappa shape index (κ3) is 3.81. The largest absolute Gasteiger partial charge is 0.508 e. The van der Waals surface area contributed by atoms with E-state index in [4.69, 9.17) is 15.6 Å². The minimum Gasteiger partial charge on any atom is -0.508 e. The summed E-state index contributed by atoms with van der Waals surface area (Å²) in [5, 5.41) is 27.8. The van der Waals surface area contributed by atoms with E-state index in [1.54, 1.807) is 30.3 Å². The van der Waals surface area contributed by atoms with Gasteiger partial charge >= 0.3 is 0 Å². The van der Waals surface area contributed by atoms with Gasteiger partial charge < -0.3 is 20.7 Å². The van der Waals surface area contributed by atoms with Gasteiger partial charge in [0.1, 0.15) is 41.4 Å². The molecule has 1 heterocycles. The molecule has 6 nitrogen and oxygen atoms in total. The maximum absolute atomic E-state index is 14.2. The smallest absolute Gasteiger partial charge is 0.142 e. The number of halogens is 1. The number of hydrogen-bond acceptors (Lipinski definition) is 6. The number of rotatable bonds is 5. The van der Waals surface area contributed by atoms with E-state index in [9.17, 15) is 14.8 Å². The number of aliphatic hydroxyl groups excluding tert-OH is 1. The van der Waals surface area contributed by atoms with Crippen LogP contribution in [-0.4, -0.2) is 28.4 Å². The number of aliphatic hydroxyl groups is 1. The Balaban J connectivity index is 2.15. The van der Waals surface area contributed by atoms with Crippen molar-refractivity contribution in [1.29, 1.82) is 5.26 Å². The number of nitriles is 1. The zero-order chi connectivity index (χ0) is 19.4. The van der Waals surface area contributed by atoms with Crippen LogP contribution in [0.15, 0.2) is 48.5 Å². The van der Waals surface area contributed by atoms with Gasteiger partial charge in [0.15, 0.2) is 0 Å². The van der Waals surface area contributed by atoms with Gasteiger partial charge in [-0.25, -0.2) is 9.37 Å². The summed E-state index contributed by atoms with van der Waals surface area (Å²) in [6, 6.07) is 14.2. The third-order valence-corrected chi connectivity index (χ3v) is 3.89. The summed E-state index contributed by atoms with van der Waals surface area (Å²) >= 11 is 0. The SMILES string of the molecule is N#Cc1c(-c2cccc(OCCO)c2)cc(-c2ccc(O)cc2F)nc1N. The van der Waals surface area contributed by atoms with Crippen LogP contribution >= 0.6 is 0 Å². The van der Waals surface area contributed by atoms with E-state index in [0.29, 0.717) is 16.9 Å². The van der Waals surface area contributed by atoms with Gasteiger partial charge in [-0.05, 0) is 35.9 Å². The first-order chi connectivity index (χ1) is 13.0. The standard InChI is InChI=1S/C20H16FN3O3/c21-18-9-13(26)4-5-15(18)19-10-16(17(11-22)20(23)24-19)12-2-1-3-14(8-12)27-7-6-25/h1-5,8-10,25-26H,6-7H2,(H2,23,24). The second-order valence-corrected chi connectivity index (χ2v) is 5.69. The molecule has 3 aromatic rings. The minimum absolute atomic E-state index is 0.0286. The number of aromatic hydroxyl groups is 1. The molecule has 4 N–H and O–H groups in total. The van der Waals surface area contributed by atoms with E-state index in [1.165, 1.54) is 12.1 Å². The molecule has 0 fully saturated rings. The summed E-state index contributed by atoms with van der Waals surface area (Å²) < 4.78 is 19.6. The van der Waals surface area contributed by atoms with Gasteiger partial charge in [0.2, 0.25) is 0 Å². The van der Waals surface area contributed by atoms with Gasteiger partial charge in [-0.15, -0.1) is 0 Å². The maximum atomic E-state index is 14.2. The fraction of sp³-hybridized carbons (Fsp3) is 0.100. The Kier molecular flexibility index (Phi) is 5.20. The van der Waals surface area contributed by atoms with Crippen LogP contribution in [0.1, 0.15) is 5.56 Å². The Bertz CT molecular complexity index is 1030. The first-order valence-corrected chi connectivity index (χ1v) is 8.07. The molecule has 3 rings (SSSR count). The number of benzene rings is 2. The van der Waals surface area contributed by atoms with Gasteiger partial charge in [0, 0.05) is 17.2 Å². The van der Waals surface area contributed by atoms with Gasteiger partial charge in [0.25, 0.3) is 0 Å². The number of phenolic OH excluding ortho intramolecular Hbond substituents is 1. The number of pyridine rings is 1. The summed E-state index contributed by atoms with van der Waals surface area (Å²) in [4.78, 5) is 4.13. The molecule has 0 saturated heterocycles. The van der Waals surface area contributed by atoms with Gasteiger partial charge in [0.05, 0.1) is 12.3 Å². The molecular weight excluding hydrogens is 349 g/mol. The molecule has 1 aromatic heterocycles. The van der Waals surface area contributed by atoms with Crippen molar-refractivity contribution in [3.8, 4) is 40.0 Å². The highest BCUT2D eigenvalue weighted by atomic mass is 19.1. The molecule has 0 unspecified atom stereocenters. The number of hydrogen-bond donors (Lipinski definition) is 3. The topological polar surface area (TPSA) is 112 Å². The number of ether oxygens (including phenoxy) is 1. The average Bonchev–Trinajstić information content (AvgIpc) is 2.66. The number of phenols is 1. The molecule has 0 radical (unpaired) electrons. The molecule has 0 atom stereocenters. The molecule has 0 amide bonds. The summed E-state index contributed by atoms with van der Waals surface area (Å²) in [6.07, 6.45) is 0. The van der Waals surface area contributed by atoms with Crippen LogP contribution in [-0.2, 0) is 0 Å². The van der Waals surface area contributed by atoms with Gasteiger partial charge in [-0.1, -0.05) is 12.1 Å².